The van der Waals surface area contributed by atoms with Crippen molar-refractivity contribution >= 4 is 17.6 Å². The number of carbonyl (C=O) groups is 1. The van der Waals surface area contributed by atoms with E-state index in [1.165, 1.54) is 6.42 Å². The maximum atomic E-state index is 12.0. The second-order valence-electron chi connectivity index (χ2n) is 5.56. The minimum absolute atomic E-state index is 0.0410. The SMILES string of the molecule is CC1CCCN(C(=O)NCCCOc2ccccc2Cl)C1. The van der Waals surface area contributed by atoms with E-state index in [1.54, 1.807) is 6.07 Å². The first kappa shape index (κ1) is 16.0. The van der Waals surface area contributed by atoms with Crippen molar-refractivity contribution in [3.05, 3.63) is 29.3 Å². The number of rotatable bonds is 5. The molecule has 21 heavy (non-hydrogen) atoms. The van der Waals surface area contributed by atoms with E-state index in [-0.39, 0.29) is 6.03 Å². The molecule has 4 nitrogen and oxygen atoms in total. The van der Waals surface area contributed by atoms with Crippen LogP contribution < -0.4 is 10.1 Å². The minimum Gasteiger partial charge on any atom is -0.492 e. The largest absolute Gasteiger partial charge is 0.492 e. The van der Waals surface area contributed by atoms with Crippen LogP contribution in [0.3, 0.4) is 0 Å². The summed E-state index contributed by atoms with van der Waals surface area (Å²) in [5, 5.41) is 3.56. The predicted octanol–water partition coefficient (Wildman–Crippen LogP) is 3.55. The van der Waals surface area contributed by atoms with Crippen LogP contribution >= 0.6 is 11.6 Å². The van der Waals surface area contributed by atoms with Gasteiger partial charge in [0.1, 0.15) is 5.75 Å². The molecule has 0 aromatic heterocycles. The number of urea groups is 1. The molecule has 116 valence electrons. The smallest absolute Gasteiger partial charge is 0.317 e. The van der Waals surface area contributed by atoms with E-state index in [0.717, 1.165) is 25.9 Å². The molecule has 0 spiro atoms. The molecule has 2 amide bonds. The quantitative estimate of drug-likeness (QED) is 0.845. The number of para-hydroxylation sites is 1. The lowest BCUT2D eigenvalue weighted by atomic mass is 10.0. The number of likely N-dealkylation sites (tertiary alicyclic amines) is 1. The highest BCUT2D eigenvalue weighted by molar-refractivity contribution is 6.32. The zero-order valence-electron chi connectivity index (χ0n) is 12.5. The first-order valence-corrected chi connectivity index (χ1v) is 7.94. The van der Waals surface area contributed by atoms with Gasteiger partial charge in [-0.05, 0) is 37.3 Å². The van der Waals surface area contributed by atoms with Gasteiger partial charge in [0.2, 0.25) is 0 Å². The van der Waals surface area contributed by atoms with Crippen LogP contribution in [0.1, 0.15) is 26.2 Å². The Hall–Kier alpha value is -1.42. The average molecular weight is 311 g/mol. The summed E-state index contributed by atoms with van der Waals surface area (Å²) < 4.78 is 5.58. The molecule has 0 saturated carbocycles. The van der Waals surface area contributed by atoms with Crippen LogP contribution in [0.4, 0.5) is 4.79 Å². The van der Waals surface area contributed by atoms with Crippen molar-refractivity contribution in [2.24, 2.45) is 5.92 Å². The second kappa shape index (κ2) is 8.13. The number of benzene rings is 1. The Morgan fingerprint density at radius 1 is 1.48 bits per heavy atom. The van der Waals surface area contributed by atoms with Gasteiger partial charge < -0.3 is 15.0 Å². The van der Waals surface area contributed by atoms with E-state index >= 15 is 0 Å². The Kier molecular flexibility index (Phi) is 6.18. The Morgan fingerprint density at radius 2 is 2.29 bits per heavy atom. The second-order valence-corrected chi connectivity index (χ2v) is 5.96. The number of hydrogen-bond acceptors (Lipinski definition) is 2. The molecule has 1 unspecified atom stereocenters. The fourth-order valence-electron chi connectivity index (χ4n) is 2.50. The topological polar surface area (TPSA) is 41.6 Å². The van der Waals surface area contributed by atoms with Gasteiger partial charge in [-0.2, -0.15) is 0 Å². The third kappa shape index (κ3) is 5.12. The van der Waals surface area contributed by atoms with E-state index in [9.17, 15) is 4.79 Å². The van der Waals surface area contributed by atoms with Crippen LogP contribution in [0.2, 0.25) is 5.02 Å². The standard InChI is InChI=1S/C16H23ClN2O2/c1-13-6-4-10-19(12-13)16(20)18-9-5-11-21-15-8-3-2-7-14(15)17/h2-3,7-8,13H,4-6,9-12H2,1H3,(H,18,20). The van der Waals surface area contributed by atoms with Gasteiger partial charge in [-0.25, -0.2) is 4.79 Å². The lowest BCUT2D eigenvalue weighted by molar-refractivity contribution is 0.169. The molecule has 1 atom stereocenters. The van der Waals surface area contributed by atoms with Crippen molar-refractivity contribution in [2.75, 3.05) is 26.2 Å². The van der Waals surface area contributed by atoms with Crippen LogP contribution in [0.25, 0.3) is 0 Å². The highest BCUT2D eigenvalue weighted by Crippen LogP contribution is 2.23. The molecular formula is C16H23ClN2O2. The number of nitrogens with zero attached hydrogens (tertiary/aromatic N) is 1. The Balaban J connectivity index is 1.61. The highest BCUT2D eigenvalue weighted by atomic mass is 35.5. The van der Waals surface area contributed by atoms with E-state index in [1.807, 2.05) is 23.1 Å². The summed E-state index contributed by atoms with van der Waals surface area (Å²) in [5.41, 5.74) is 0. The zero-order chi connectivity index (χ0) is 15.1. The first-order valence-electron chi connectivity index (χ1n) is 7.57. The summed E-state index contributed by atoms with van der Waals surface area (Å²) in [6.07, 6.45) is 3.08. The molecule has 2 rings (SSSR count). The van der Waals surface area contributed by atoms with E-state index < -0.39 is 0 Å². The number of hydrogen-bond donors (Lipinski definition) is 1. The lowest BCUT2D eigenvalue weighted by Gasteiger charge is -2.30. The molecule has 1 aliphatic heterocycles. The van der Waals surface area contributed by atoms with Crippen molar-refractivity contribution in [3.8, 4) is 5.75 Å². The maximum Gasteiger partial charge on any atom is 0.317 e. The van der Waals surface area contributed by atoms with Crippen LogP contribution in [0.5, 0.6) is 5.75 Å². The van der Waals surface area contributed by atoms with Crippen molar-refractivity contribution in [3.63, 3.8) is 0 Å². The number of piperidine rings is 1. The van der Waals surface area contributed by atoms with Crippen LogP contribution in [-0.2, 0) is 0 Å². The number of carbonyl (C=O) groups excluding carboxylic acids is 1. The molecule has 1 saturated heterocycles. The number of amides is 2. The molecular weight excluding hydrogens is 288 g/mol. The van der Waals surface area contributed by atoms with Gasteiger partial charge in [-0.15, -0.1) is 0 Å². The first-order chi connectivity index (χ1) is 10.2. The fraction of sp³-hybridized carbons (Fsp3) is 0.562. The van der Waals surface area contributed by atoms with E-state index in [0.29, 0.717) is 29.8 Å². The molecule has 0 radical (unpaired) electrons. The van der Waals surface area contributed by atoms with Gasteiger partial charge in [0, 0.05) is 19.6 Å². The third-order valence-corrected chi connectivity index (χ3v) is 3.95. The summed E-state index contributed by atoms with van der Waals surface area (Å²) >= 11 is 6.00. The van der Waals surface area contributed by atoms with Gasteiger partial charge >= 0.3 is 6.03 Å². The van der Waals surface area contributed by atoms with Gasteiger partial charge in [0.25, 0.3) is 0 Å². The summed E-state index contributed by atoms with van der Waals surface area (Å²) in [6, 6.07) is 7.45. The summed E-state index contributed by atoms with van der Waals surface area (Å²) in [4.78, 5) is 13.9. The van der Waals surface area contributed by atoms with Crippen LogP contribution in [0, 0.1) is 5.92 Å². The summed E-state index contributed by atoms with van der Waals surface area (Å²) in [7, 11) is 0. The molecule has 0 bridgehead atoms. The van der Waals surface area contributed by atoms with Gasteiger partial charge in [-0.3, -0.25) is 0 Å². The van der Waals surface area contributed by atoms with Crippen LogP contribution in [0.15, 0.2) is 24.3 Å². The zero-order valence-corrected chi connectivity index (χ0v) is 13.2. The number of ether oxygens (including phenoxy) is 1. The van der Waals surface area contributed by atoms with E-state index in [4.69, 9.17) is 16.3 Å². The summed E-state index contributed by atoms with van der Waals surface area (Å²) in [6.45, 7) is 5.08. The van der Waals surface area contributed by atoms with Gasteiger partial charge in [-0.1, -0.05) is 30.7 Å². The molecule has 0 aliphatic carbocycles. The Morgan fingerprint density at radius 3 is 3.05 bits per heavy atom. The fourth-order valence-corrected chi connectivity index (χ4v) is 2.69. The third-order valence-electron chi connectivity index (χ3n) is 3.64. The monoisotopic (exact) mass is 310 g/mol. The van der Waals surface area contributed by atoms with Crippen molar-refractivity contribution in [1.82, 2.24) is 10.2 Å². The molecule has 1 N–H and O–H groups in total. The number of halogens is 1. The van der Waals surface area contributed by atoms with Crippen molar-refractivity contribution < 1.29 is 9.53 Å². The lowest BCUT2D eigenvalue weighted by Crippen LogP contribution is -2.45. The number of nitrogens with one attached hydrogen (secondary N) is 1. The molecule has 1 heterocycles. The van der Waals surface area contributed by atoms with Crippen molar-refractivity contribution in [1.29, 1.82) is 0 Å². The van der Waals surface area contributed by atoms with Crippen LogP contribution in [-0.4, -0.2) is 37.2 Å². The Labute approximate surface area is 131 Å². The minimum atomic E-state index is 0.0410. The predicted molar refractivity (Wildman–Crippen MR) is 84.9 cm³/mol. The normalized spacial score (nSPS) is 18.4. The molecule has 1 aliphatic rings. The average Bonchev–Trinajstić information content (AvgIpc) is 2.48. The molecule has 1 fully saturated rings. The van der Waals surface area contributed by atoms with Crippen molar-refractivity contribution in [2.45, 2.75) is 26.2 Å². The van der Waals surface area contributed by atoms with E-state index in [2.05, 4.69) is 12.2 Å². The molecule has 1 aromatic rings. The Bertz CT molecular complexity index is 467. The van der Waals surface area contributed by atoms with Gasteiger partial charge in [0.05, 0.1) is 11.6 Å². The highest BCUT2D eigenvalue weighted by Gasteiger charge is 2.20. The maximum absolute atomic E-state index is 12.0. The molecule has 1 aromatic carbocycles. The summed E-state index contributed by atoms with van der Waals surface area (Å²) in [5.74, 6) is 1.29. The molecule has 5 heteroatoms. The van der Waals surface area contributed by atoms with Gasteiger partial charge in [0.15, 0.2) is 0 Å².